The van der Waals surface area contributed by atoms with Crippen LogP contribution in [0.1, 0.15) is 17.3 Å². The highest BCUT2D eigenvalue weighted by molar-refractivity contribution is 9.10. The van der Waals surface area contributed by atoms with E-state index in [2.05, 4.69) is 20.7 Å². The molecule has 0 aliphatic heterocycles. The van der Waals surface area contributed by atoms with Crippen LogP contribution in [0.4, 0.5) is 0 Å². The zero-order chi connectivity index (χ0) is 16.4. The topological polar surface area (TPSA) is 82.1 Å². The predicted octanol–water partition coefficient (Wildman–Crippen LogP) is 3.03. The molecule has 0 bridgehead atoms. The number of carbonyl (C=O) groups excluding carboxylic acids is 2. The molecule has 7 heteroatoms. The first-order valence-corrected chi connectivity index (χ1v) is 6.98. The molecule has 0 saturated heterocycles. The number of phenolic OH excluding ortho intramolecular Hbond substituents is 1. The molecule has 0 aliphatic rings. The second kappa shape index (κ2) is 6.23. The van der Waals surface area contributed by atoms with Gasteiger partial charge in [0.1, 0.15) is 17.1 Å². The summed E-state index contributed by atoms with van der Waals surface area (Å²) in [6.07, 6.45) is 0. The first-order chi connectivity index (χ1) is 10.4. The number of methoxy groups -OCH3 is 2. The van der Waals surface area contributed by atoms with Crippen molar-refractivity contribution in [3.05, 3.63) is 28.2 Å². The van der Waals surface area contributed by atoms with Gasteiger partial charge in [0.2, 0.25) is 0 Å². The maximum atomic E-state index is 11.9. The Labute approximate surface area is 134 Å². The lowest BCUT2D eigenvalue weighted by atomic mass is 10.0. The average Bonchev–Trinajstić information content (AvgIpc) is 2.45. The fraction of sp³-hybridized carbons (Fsp3) is 0.200. The van der Waals surface area contributed by atoms with Crippen LogP contribution in [0.5, 0.6) is 17.2 Å². The molecule has 2 rings (SSSR count). The number of aromatic hydroxyl groups is 1. The zero-order valence-corrected chi connectivity index (χ0v) is 13.7. The van der Waals surface area contributed by atoms with Gasteiger partial charge < -0.3 is 19.3 Å². The Morgan fingerprint density at radius 3 is 2.41 bits per heavy atom. The van der Waals surface area contributed by atoms with Crippen LogP contribution in [-0.4, -0.2) is 31.3 Å². The highest BCUT2D eigenvalue weighted by Gasteiger charge is 2.24. The molecule has 0 unspecified atom stereocenters. The maximum absolute atomic E-state index is 11.9. The third kappa shape index (κ3) is 2.85. The fourth-order valence-electron chi connectivity index (χ4n) is 2.06. The van der Waals surface area contributed by atoms with Crippen LogP contribution in [0.3, 0.4) is 0 Å². The van der Waals surface area contributed by atoms with Crippen molar-refractivity contribution >= 4 is 38.6 Å². The second-order valence-corrected chi connectivity index (χ2v) is 5.25. The van der Waals surface area contributed by atoms with Gasteiger partial charge in [0, 0.05) is 12.3 Å². The standard InChI is InChI=1S/C15H13BrO6/c1-7(17)22-14-9-6-12(20-2)10(16)4-8(9)5-11(18)13(14)15(19)21-3/h4-6,18H,1-3H3. The highest BCUT2D eigenvalue weighted by Crippen LogP contribution is 2.41. The van der Waals surface area contributed by atoms with Gasteiger partial charge in [0.05, 0.1) is 18.7 Å². The van der Waals surface area contributed by atoms with Crippen LogP contribution in [0, 0.1) is 0 Å². The molecular formula is C15H13BrO6. The van der Waals surface area contributed by atoms with E-state index >= 15 is 0 Å². The van der Waals surface area contributed by atoms with Crippen molar-refractivity contribution in [3.8, 4) is 17.2 Å². The molecule has 2 aromatic rings. The molecule has 0 atom stereocenters. The van der Waals surface area contributed by atoms with Crippen molar-refractivity contribution in [1.82, 2.24) is 0 Å². The first-order valence-electron chi connectivity index (χ1n) is 6.19. The molecule has 0 saturated carbocycles. The summed E-state index contributed by atoms with van der Waals surface area (Å²) in [4.78, 5) is 23.2. The minimum atomic E-state index is -0.808. The van der Waals surface area contributed by atoms with Gasteiger partial charge in [-0.05, 0) is 39.5 Å². The number of phenols is 1. The van der Waals surface area contributed by atoms with Gasteiger partial charge in [-0.25, -0.2) is 4.79 Å². The van der Waals surface area contributed by atoms with Crippen molar-refractivity contribution in [2.75, 3.05) is 14.2 Å². The summed E-state index contributed by atoms with van der Waals surface area (Å²) in [6.45, 7) is 1.20. The van der Waals surface area contributed by atoms with Crippen LogP contribution >= 0.6 is 15.9 Å². The largest absolute Gasteiger partial charge is 0.507 e. The summed E-state index contributed by atoms with van der Waals surface area (Å²) in [6, 6.07) is 4.67. The van der Waals surface area contributed by atoms with Crippen molar-refractivity contribution in [2.24, 2.45) is 0 Å². The Hall–Kier alpha value is -2.28. The molecule has 0 aliphatic carbocycles. The van der Waals surface area contributed by atoms with Crippen LogP contribution in [-0.2, 0) is 9.53 Å². The van der Waals surface area contributed by atoms with Gasteiger partial charge in [-0.3, -0.25) is 4.79 Å². The highest BCUT2D eigenvalue weighted by atomic mass is 79.9. The Bertz CT molecular complexity index is 768. The summed E-state index contributed by atoms with van der Waals surface area (Å²) in [5.74, 6) is -1.35. The third-order valence-electron chi connectivity index (χ3n) is 2.98. The minimum Gasteiger partial charge on any atom is -0.507 e. The van der Waals surface area contributed by atoms with E-state index in [1.807, 2.05) is 0 Å². The normalized spacial score (nSPS) is 10.4. The number of halogens is 1. The van der Waals surface area contributed by atoms with E-state index < -0.39 is 11.9 Å². The first kappa shape index (κ1) is 16.1. The molecule has 22 heavy (non-hydrogen) atoms. The Morgan fingerprint density at radius 2 is 1.86 bits per heavy atom. The monoisotopic (exact) mass is 368 g/mol. The smallest absolute Gasteiger partial charge is 0.345 e. The number of hydrogen-bond acceptors (Lipinski definition) is 6. The van der Waals surface area contributed by atoms with Crippen molar-refractivity contribution < 1.29 is 28.9 Å². The SMILES string of the molecule is COC(=O)c1c(O)cc2cc(Br)c(OC)cc2c1OC(C)=O. The minimum absolute atomic E-state index is 0.0693. The van der Waals surface area contributed by atoms with E-state index in [1.54, 1.807) is 12.1 Å². The summed E-state index contributed by atoms with van der Waals surface area (Å²) in [7, 11) is 2.66. The van der Waals surface area contributed by atoms with E-state index in [0.29, 0.717) is 21.0 Å². The zero-order valence-electron chi connectivity index (χ0n) is 12.1. The van der Waals surface area contributed by atoms with Gasteiger partial charge in [-0.15, -0.1) is 0 Å². The average molecular weight is 369 g/mol. The van der Waals surface area contributed by atoms with E-state index in [-0.39, 0.29) is 17.1 Å². The van der Waals surface area contributed by atoms with Crippen LogP contribution in [0.15, 0.2) is 22.7 Å². The van der Waals surface area contributed by atoms with Gasteiger partial charge >= 0.3 is 11.9 Å². The van der Waals surface area contributed by atoms with E-state index in [0.717, 1.165) is 0 Å². The van der Waals surface area contributed by atoms with Gasteiger partial charge in [0.25, 0.3) is 0 Å². The van der Waals surface area contributed by atoms with E-state index in [4.69, 9.17) is 9.47 Å². The number of benzene rings is 2. The van der Waals surface area contributed by atoms with Gasteiger partial charge in [0.15, 0.2) is 5.75 Å². The number of rotatable bonds is 3. The van der Waals surface area contributed by atoms with Gasteiger partial charge in [-0.1, -0.05) is 0 Å². The van der Waals surface area contributed by atoms with Crippen LogP contribution in [0.2, 0.25) is 0 Å². The van der Waals surface area contributed by atoms with Crippen molar-refractivity contribution in [1.29, 1.82) is 0 Å². The number of ether oxygens (including phenoxy) is 3. The van der Waals surface area contributed by atoms with E-state index in [9.17, 15) is 14.7 Å². The summed E-state index contributed by atoms with van der Waals surface area (Å²) in [5, 5.41) is 11.1. The number of carbonyl (C=O) groups is 2. The summed E-state index contributed by atoms with van der Waals surface area (Å²) >= 11 is 3.33. The van der Waals surface area contributed by atoms with Crippen LogP contribution in [0.25, 0.3) is 10.8 Å². The quantitative estimate of drug-likeness (QED) is 0.662. The number of hydrogen-bond donors (Lipinski definition) is 1. The van der Waals surface area contributed by atoms with E-state index in [1.165, 1.54) is 27.2 Å². The molecule has 1 N–H and O–H groups in total. The Morgan fingerprint density at radius 1 is 1.18 bits per heavy atom. The Balaban J connectivity index is 2.88. The molecule has 0 amide bonds. The predicted molar refractivity (Wildman–Crippen MR) is 82.5 cm³/mol. The summed E-state index contributed by atoms with van der Waals surface area (Å²) < 4.78 is 15.6. The third-order valence-corrected chi connectivity index (χ3v) is 3.60. The molecule has 0 aromatic heterocycles. The number of esters is 2. The molecule has 2 aromatic carbocycles. The molecule has 0 radical (unpaired) electrons. The lowest BCUT2D eigenvalue weighted by molar-refractivity contribution is -0.131. The van der Waals surface area contributed by atoms with Crippen LogP contribution < -0.4 is 9.47 Å². The lowest BCUT2D eigenvalue weighted by Gasteiger charge is -2.14. The lowest BCUT2D eigenvalue weighted by Crippen LogP contribution is -2.10. The number of fused-ring (bicyclic) bond motifs is 1. The molecule has 0 spiro atoms. The maximum Gasteiger partial charge on any atom is 0.345 e. The molecule has 0 heterocycles. The van der Waals surface area contributed by atoms with Crippen molar-refractivity contribution in [2.45, 2.75) is 6.92 Å². The second-order valence-electron chi connectivity index (χ2n) is 4.39. The molecular weight excluding hydrogens is 356 g/mol. The van der Waals surface area contributed by atoms with Crippen molar-refractivity contribution in [3.63, 3.8) is 0 Å². The summed E-state index contributed by atoms with van der Waals surface area (Å²) in [5.41, 5.74) is -0.213. The molecule has 116 valence electrons. The molecule has 6 nitrogen and oxygen atoms in total. The fourth-order valence-corrected chi connectivity index (χ4v) is 2.58. The van der Waals surface area contributed by atoms with Gasteiger partial charge in [-0.2, -0.15) is 0 Å². The molecule has 0 fully saturated rings. The Kier molecular flexibility index (Phi) is 4.56.